The quantitative estimate of drug-likeness (QED) is 0.102. The third-order valence-corrected chi connectivity index (χ3v) is 7.38. The predicted molar refractivity (Wildman–Crippen MR) is 139 cm³/mol. The van der Waals surface area contributed by atoms with Crippen molar-refractivity contribution in [1.82, 2.24) is 0 Å². The van der Waals surface area contributed by atoms with Gasteiger partial charge in [-0.2, -0.15) is 0 Å². The fourth-order valence-corrected chi connectivity index (χ4v) is 6.28. The second kappa shape index (κ2) is 17.3. The number of esters is 1. The first-order chi connectivity index (χ1) is 14.5. The van der Waals surface area contributed by atoms with E-state index >= 15 is 0 Å². The van der Waals surface area contributed by atoms with Crippen molar-refractivity contribution in [3.8, 4) is 0 Å². The molecule has 2 atom stereocenters. The van der Waals surface area contributed by atoms with Crippen LogP contribution in [-0.4, -0.2) is 41.9 Å². The van der Waals surface area contributed by atoms with E-state index < -0.39 is 16.6 Å². The molecule has 0 aromatic heterocycles. The summed E-state index contributed by atoms with van der Waals surface area (Å²) in [4.78, 5) is 11.2. The number of carbonyl (C=O) groups excluding carboxylic acids is 1. The molecular formula is C25H54O4Si2. The van der Waals surface area contributed by atoms with Crippen molar-refractivity contribution in [2.75, 3.05) is 7.11 Å². The van der Waals surface area contributed by atoms with E-state index in [2.05, 4.69) is 46.2 Å². The maximum atomic E-state index is 11.2. The summed E-state index contributed by atoms with van der Waals surface area (Å²) in [6, 6.07) is 0. The molecular weight excluding hydrogens is 420 g/mol. The highest BCUT2D eigenvalue weighted by Gasteiger charge is 2.31. The van der Waals surface area contributed by atoms with E-state index in [4.69, 9.17) is 13.6 Å². The first kappa shape index (κ1) is 30.8. The number of rotatable bonds is 20. The molecule has 31 heavy (non-hydrogen) atoms. The Morgan fingerprint density at radius 3 is 1.42 bits per heavy atom. The first-order valence-corrected chi connectivity index (χ1v) is 19.7. The average Bonchev–Trinajstić information content (AvgIpc) is 2.66. The highest BCUT2D eigenvalue weighted by atomic mass is 28.4. The topological polar surface area (TPSA) is 44.8 Å². The number of carbonyl (C=O) groups is 1. The van der Waals surface area contributed by atoms with Crippen LogP contribution in [0.1, 0.15) is 96.8 Å². The van der Waals surface area contributed by atoms with Crippen LogP contribution < -0.4 is 0 Å². The lowest BCUT2D eigenvalue weighted by molar-refractivity contribution is -0.140. The minimum Gasteiger partial charge on any atom is -0.469 e. The molecule has 0 aromatic rings. The molecule has 0 saturated carbocycles. The van der Waals surface area contributed by atoms with Crippen molar-refractivity contribution in [2.24, 2.45) is 0 Å². The van der Waals surface area contributed by atoms with Crippen LogP contribution in [0.3, 0.4) is 0 Å². The number of ether oxygens (including phenoxy) is 1. The van der Waals surface area contributed by atoms with E-state index in [1.54, 1.807) is 0 Å². The maximum absolute atomic E-state index is 11.2. The second-order valence-electron chi connectivity index (χ2n) is 11.0. The smallest absolute Gasteiger partial charge is 0.305 e. The third-order valence-electron chi connectivity index (χ3n) is 5.36. The van der Waals surface area contributed by atoms with Gasteiger partial charge in [0.25, 0.3) is 0 Å². The van der Waals surface area contributed by atoms with Gasteiger partial charge in [-0.15, -0.1) is 0 Å². The van der Waals surface area contributed by atoms with Gasteiger partial charge in [0.2, 0.25) is 0 Å². The van der Waals surface area contributed by atoms with E-state index in [0.717, 1.165) is 25.7 Å². The van der Waals surface area contributed by atoms with Gasteiger partial charge in [0.15, 0.2) is 16.6 Å². The van der Waals surface area contributed by atoms with Gasteiger partial charge in [-0.05, 0) is 58.5 Å². The van der Waals surface area contributed by atoms with Gasteiger partial charge < -0.3 is 13.6 Å². The molecule has 0 bridgehead atoms. The van der Waals surface area contributed by atoms with Crippen molar-refractivity contribution < 1.29 is 18.4 Å². The summed E-state index contributed by atoms with van der Waals surface area (Å²) < 4.78 is 18.1. The zero-order valence-electron chi connectivity index (χ0n) is 22.2. The summed E-state index contributed by atoms with van der Waals surface area (Å²) in [5.74, 6) is -0.0929. The molecule has 0 unspecified atom stereocenters. The minimum absolute atomic E-state index is 0.0929. The second-order valence-corrected chi connectivity index (χ2v) is 19.9. The van der Waals surface area contributed by atoms with Crippen molar-refractivity contribution in [3.05, 3.63) is 0 Å². The summed E-state index contributed by atoms with van der Waals surface area (Å²) in [7, 11) is -1.80. The first-order valence-electron chi connectivity index (χ1n) is 12.9. The highest BCUT2D eigenvalue weighted by Crippen LogP contribution is 2.25. The Balaban J connectivity index is 4.67. The zero-order valence-corrected chi connectivity index (χ0v) is 24.2. The Morgan fingerprint density at radius 1 is 0.645 bits per heavy atom. The molecule has 4 nitrogen and oxygen atoms in total. The Labute approximate surface area is 196 Å². The molecule has 0 N–H and O–H groups in total. The van der Waals surface area contributed by atoms with Crippen LogP contribution in [0.15, 0.2) is 0 Å². The number of methoxy groups -OCH3 is 1. The molecule has 0 rings (SSSR count). The fourth-order valence-electron chi connectivity index (χ4n) is 3.92. The van der Waals surface area contributed by atoms with Crippen molar-refractivity contribution in [2.45, 2.75) is 148 Å². The normalized spacial score (nSPS) is 14.5. The standard InChI is InChI=1S/C25H54O4Si2/c1-9-10-11-12-14-17-20-23(28-30(3,4)5)24(29-31(6,7)8)21-18-15-13-16-19-22-25(26)27-2/h23-24H,9-22H2,1-8H3/t23-,24+/m0/s1. The summed E-state index contributed by atoms with van der Waals surface area (Å²) in [5, 5.41) is 0. The van der Waals surface area contributed by atoms with Gasteiger partial charge in [0.1, 0.15) is 0 Å². The summed E-state index contributed by atoms with van der Waals surface area (Å²) >= 11 is 0. The molecule has 0 fully saturated rings. The molecule has 0 spiro atoms. The SMILES string of the molecule is CCCCCCCC[C@H](O[Si](C)(C)C)[C@@H](CCCCCCCC(=O)OC)O[Si](C)(C)C. The van der Waals surface area contributed by atoms with Gasteiger partial charge in [-0.1, -0.05) is 71.1 Å². The predicted octanol–water partition coefficient (Wildman–Crippen LogP) is 8.08. The van der Waals surface area contributed by atoms with Crippen LogP contribution in [0, 0.1) is 0 Å². The monoisotopic (exact) mass is 474 g/mol. The zero-order chi connectivity index (χ0) is 23.8. The van der Waals surface area contributed by atoms with Crippen LogP contribution in [0.2, 0.25) is 39.3 Å². The van der Waals surface area contributed by atoms with Gasteiger partial charge in [0.05, 0.1) is 19.3 Å². The van der Waals surface area contributed by atoms with Gasteiger partial charge >= 0.3 is 5.97 Å². The van der Waals surface area contributed by atoms with E-state index in [0.29, 0.717) is 6.42 Å². The van der Waals surface area contributed by atoms with E-state index in [1.165, 1.54) is 64.9 Å². The van der Waals surface area contributed by atoms with Crippen molar-refractivity contribution >= 4 is 22.6 Å². The Bertz CT molecular complexity index is 444. The van der Waals surface area contributed by atoms with Crippen molar-refractivity contribution in [3.63, 3.8) is 0 Å². The molecule has 0 heterocycles. The summed E-state index contributed by atoms with van der Waals surface area (Å²) in [6.45, 7) is 16.1. The molecule has 186 valence electrons. The highest BCUT2D eigenvalue weighted by molar-refractivity contribution is 6.70. The molecule has 0 radical (unpaired) electrons. The molecule has 0 aliphatic rings. The lowest BCUT2D eigenvalue weighted by Gasteiger charge is -2.36. The van der Waals surface area contributed by atoms with Crippen molar-refractivity contribution in [1.29, 1.82) is 0 Å². The van der Waals surface area contributed by atoms with E-state index in [9.17, 15) is 4.79 Å². The molecule has 0 aromatic carbocycles. The van der Waals surface area contributed by atoms with Gasteiger partial charge in [-0.3, -0.25) is 4.79 Å². The number of hydrogen-bond donors (Lipinski definition) is 0. The fraction of sp³-hybridized carbons (Fsp3) is 0.960. The summed E-state index contributed by atoms with van der Waals surface area (Å²) in [5.41, 5.74) is 0. The third kappa shape index (κ3) is 20.2. The maximum Gasteiger partial charge on any atom is 0.305 e. The Morgan fingerprint density at radius 2 is 1.03 bits per heavy atom. The van der Waals surface area contributed by atoms with Crippen LogP contribution >= 0.6 is 0 Å². The van der Waals surface area contributed by atoms with E-state index in [-0.39, 0.29) is 18.2 Å². The lowest BCUT2D eigenvalue weighted by atomic mass is 9.99. The van der Waals surface area contributed by atoms with Gasteiger partial charge in [-0.25, -0.2) is 0 Å². The van der Waals surface area contributed by atoms with E-state index in [1.807, 2.05) is 0 Å². The van der Waals surface area contributed by atoms with Crippen LogP contribution in [-0.2, 0) is 18.4 Å². The molecule has 6 heteroatoms. The Kier molecular flexibility index (Phi) is 17.2. The Hall–Kier alpha value is -0.176. The average molecular weight is 475 g/mol. The number of hydrogen-bond acceptors (Lipinski definition) is 4. The van der Waals surface area contributed by atoms with Crippen LogP contribution in [0.5, 0.6) is 0 Å². The van der Waals surface area contributed by atoms with Crippen LogP contribution in [0.25, 0.3) is 0 Å². The number of unbranched alkanes of at least 4 members (excludes halogenated alkanes) is 9. The molecule has 0 aliphatic heterocycles. The molecule has 0 aliphatic carbocycles. The molecule has 0 saturated heterocycles. The lowest BCUT2D eigenvalue weighted by Crippen LogP contribution is -2.44. The molecule has 0 amide bonds. The largest absolute Gasteiger partial charge is 0.469 e. The summed E-state index contributed by atoms with van der Waals surface area (Å²) in [6.07, 6.45) is 16.7. The van der Waals surface area contributed by atoms with Gasteiger partial charge in [0, 0.05) is 6.42 Å². The van der Waals surface area contributed by atoms with Crippen LogP contribution in [0.4, 0.5) is 0 Å². The minimum atomic E-state index is -1.64.